The van der Waals surface area contributed by atoms with Gasteiger partial charge in [-0.3, -0.25) is 4.99 Å². The Kier molecular flexibility index (Phi) is 9.92. The van der Waals surface area contributed by atoms with Crippen LogP contribution in [-0.2, 0) is 4.74 Å². The summed E-state index contributed by atoms with van der Waals surface area (Å²) < 4.78 is 79.5. The van der Waals surface area contributed by atoms with Crippen molar-refractivity contribution in [1.82, 2.24) is 0 Å². The van der Waals surface area contributed by atoms with Crippen molar-refractivity contribution in [3.8, 4) is 5.75 Å². The number of hydrogen-bond donors (Lipinski definition) is 2. The first-order valence-electron chi connectivity index (χ1n) is 6.62. The summed E-state index contributed by atoms with van der Waals surface area (Å²) in [5.74, 6) is -0.416. The van der Waals surface area contributed by atoms with Gasteiger partial charge in [0.05, 0.1) is 0 Å². The molecule has 25 heavy (non-hydrogen) atoms. The van der Waals surface area contributed by atoms with Crippen LogP contribution in [0.25, 0.3) is 0 Å². The molecular formula is C13H16F6IN3O2. The maximum Gasteiger partial charge on any atom is 0.573 e. The Balaban J connectivity index is 0.00000576. The van der Waals surface area contributed by atoms with Crippen molar-refractivity contribution in [3.63, 3.8) is 0 Å². The van der Waals surface area contributed by atoms with Gasteiger partial charge in [-0.05, 0) is 30.7 Å². The Bertz CT molecular complexity index is 534. The predicted octanol–water partition coefficient (Wildman–Crippen LogP) is 3.90. The van der Waals surface area contributed by atoms with E-state index < -0.39 is 19.1 Å². The van der Waals surface area contributed by atoms with Gasteiger partial charge in [0.15, 0.2) is 5.96 Å². The molecule has 0 aromatic heterocycles. The molecule has 0 aliphatic rings. The maximum atomic E-state index is 12.0. The molecule has 12 heteroatoms. The van der Waals surface area contributed by atoms with Gasteiger partial charge in [0.25, 0.3) is 0 Å². The normalized spacial score (nSPS) is 12.5. The van der Waals surface area contributed by atoms with Gasteiger partial charge < -0.3 is 20.5 Å². The molecule has 0 spiro atoms. The number of alkyl halides is 6. The van der Waals surface area contributed by atoms with Gasteiger partial charge in [-0.1, -0.05) is 0 Å². The molecule has 0 aliphatic carbocycles. The number of anilines is 1. The first kappa shape index (κ1) is 23.6. The fourth-order valence-corrected chi connectivity index (χ4v) is 1.48. The Morgan fingerprint density at radius 3 is 2.20 bits per heavy atom. The molecule has 0 saturated carbocycles. The second kappa shape index (κ2) is 10.5. The molecule has 5 nitrogen and oxygen atoms in total. The van der Waals surface area contributed by atoms with Crippen LogP contribution in [0.5, 0.6) is 5.75 Å². The van der Waals surface area contributed by atoms with Crippen LogP contribution < -0.4 is 15.8 Å². The average molecular weight is 487 g/mol. The third kappa shape index (κ3) is 12.6. The van der Waals surface area contributed by atoms with Gasteiger partial charge in [0.1, 0.15) is 12.4 Å². The highest BCUT2D eigenvalue weighted by Crippen LogP contribution is 2.23. The zero-order valence-corrected chi connectivity index (χ0v) is 15.0. The first-order valence-corrected chi connectivity index (χ1v) is 6.62. The molecule has 1 rings (SSSR count). The molecule has 0 fully saturated rings. The summed E-state index contributed by atoms with van der Waals surface area (Å²) in [5.41, 5.74) is 5.91. The minimum absolute atomic E-state index is 0. The van der Waals surface area contributed by atoms with E-state index >= 15 is 0 Å². The fraction of sp³-hybridized carbons (Fsp3) is 0.462. The van der Waals surface area contributed by atoms with Crippen molar-refractivity contribution >= 4 is 35.6 Å². The molecule has 0 atom stereocenters. The Hall–Kier alpha value is -1.44. The van der Waals surface area contributed by atoms with Crippen molar-refractivity contribution in [1.29, 1.82) is 0 Å². The summed E-state index contributed by atoms with van der Waals surface area (Å²) in [6.45, 7) is -1.32. The molecule has 0 radical (unpaired) electrons. The molecule has 0 bridgehead atoms. The average Bonchev–Trinajstić information content (AvgIpc) is 2.42. The number of hydrogen-bond acceptors (Lipinski definition) is 3. The van der Waals surface area contributed by atoms with Crippen molar-refractivity contribution in [2.75, 3.05) is 25.1 Å². The zero-order valence-electron chi connectivity index (χ0n) is 12.7. The van der Waals surface area contributed by atoms with E-state index in [9.17, 15) is 26.3 Å². The van der Waals surface area contributed by atoms with E-state index in [-0.39, 0.29) is 55.3 Å². The Morgan fingerprint density at radius 2 is 1.68 bits per heavy atom. The van der Waals surface area contributed by atoms with E-state index in [1.807, 2.05) is 0 Å². The summed E-state index contributed by atoms with van der Waals surface area (Å²) in [4.78, 5) is 3.85. The van der Waals surface area contributed by atoms with Crippen molar-refractivity contribution in [2.45, 2.75) is 19.0 Å². The van der Waals surface area contributed by atoms with Gasteiger partial charge in [-0.25, -0.2) is 0 Å². The quantitative estimate of drug-likeness (QED) is 0.201. The van der Waals surface area contributed by atoms with E-state index in [1.165, 1.54) is 12.1 Å². The summed E-state index contributed by atoms with van der Waals surface area (Å²) in [6.07, 6.45) is -8.91. The highest BCUT2D eigenvalue weighted by Gasteiger charge is 2.31. The van der Waals surface area contributed by atoms with Crippen LogP contribution in [0, 0.1) is 0 Å². The lowest BCUT2D eigenvalue weighted by molar-refractivity contribution is -0.274. The van der Waals surface area contributed by atoms with Crippen LogP contribution in [0.3, 0.4) is 0 Å². The van der Waals surface area contributed by atoms with Crippen LogP contribution in [0.2, 0.25) is 0 Å². The number of rotatable bonds is 7. The van der Waals surface area contributed by atoms with Gasteiger partial charge in [0, 0.05) is 18.8 Å². The minimum atomic E-state index is -4.77. The maximum absolute atomic E-state index is 12.0. The molecule has 3 N–H and O–H groups in total. The number of nitrogens with two attached hydrogens (primary N) is 1. The number of guanidine groups is 1. The number of halogens is 7. The molecular weight excluding hydrogens is 471 g/mol. The number of nitrogens with zero attached hydrogens (tertiary/aromatic N) is 1. The fourth-order valence-electron chi connectivity index (χ4n) is 1.48. The number of nitrogens with one attached hydrogen (secondary N) is 1. The number of ether oxygens (including phenoxy) is 2. The van der Waals surface area contributed by atoms with Crippen LogP contribution in [0.4, 0.5) is 32.0 Å². The SMILES string of the molecule is I.NC(=NCCCOCC(F)(F)F)Nc1ccc(OC(F)(F)F)cc1. The summed E-state index contributed by atoms with van der Waals surface area (Å²) in [6, 6.07) is 4.79. The molecule has 0 saturated heterocycles. The monoisotopic (exact) mass is 487 g/mol. The van der Waals surface area contributed by atoms with Crippen molar-refractivity contribution < 1.29 is 35.8 Å². The zero-order chi connectivity index (χ0) is 18.2. The lowest BCUT2D eigenvalue weighted by Crippen LogP contribution is -2.23. The third-order valence-electron chi connectivity index (χ3n) is 2.35. The van der Waals surface area contributed by atoms with Crippen LogP contribution in [-0.4, -0.2) is 38.3 Å². The molecule has 0 heterocycles. The lowest BCUT2D eigenvalue weighted by atomic mass is 10.3. The third-order valence-corrected chi connectivity index (χ3v) is 2.35. The second-order valence-electron chi connectivity index (χ2n) is 4.49. The Labute approximate surface area is 156 Å². The highest BCUT2D eigenvalue weighted by molar-refractivity contribution is 14.0. The van der Waals surface area contributed by atoms with E-state index in [4.69, 9.17) is 5.73 Å². The van der Waals surface area contributed by atoms with Gasteiger partial charge in [-0.2, -0.15) is 13.2 Å². The van der Waals surface area contributed by atoms with Crippen LogP contribution in [0.1, 0.15) is 6.42 Å². The topological polar surface area (TPSA) is 68.9 Å². The van der Waals surface area contributed by atoms with Gasteiger partial charge >= 0.3 is 12.5 Å². The highest BCUT2D eigenvalue weighted by atomic mass is 127. The molecule has 144 valence electrons. The summed E-state index contributed by atoms with van der Waals surface area (Å²) >= 11 is 0. The van der Waals surface area contributed by atoms with E-state index in [0.29, 0.717) is 5.69 Å². The smallest absolute Gasteiger partial charge is 0.406 e. The molecule has 0 amide bonds. The van der Waals surface area contributed by atoms with Crippen LogP contribution >= 0.6 is 24.0 Å². The standard InChI is InChI=1S/C13H15F6N3O2.HI/c14-12(15,16)8-23-7-1-6-21-11(20)22-9-2-4-10(5-3-9)24-13(17,18)19;/h2-5H,1,6-8H2,(H3,20,21,22);1H. The largest absolute Gasteiger partial charge is 0.573 e. The van der Waals surface area contributed by atoms with Crippen molar-refractivity contribution in [3.05, 3.63) is 24.3 Å². The van der Waals surface area contributed by atoms with Gasteiger partial charge in [-0.15, -0.1) is 37.1 Å². The van der Waals surface area contributed by atoms with Crippen LogP contribution in [0.15, 0.2) is 29.3 Å². The van der Waals surface area contributed by atoms with E-state index in [0.717, 1.165) is 12.1 Å². The van der Waals surface area contributed by atoms with Gasteiger partial charge in [0.2, 0.25) is 0 Å². The number of benzene rings is 1. The number of aliphatic imine (C=N–C) groups is 1. The molecule has 0 unspecified atom stereocenters. The van der Waals surface area contributed by atoms with E-state index in [1.54, 1.807) is 0 Å². The summed E-state index contributed by atoms with van der Waals surface area (Å²) in [5, 5.41) is 2.62. The predicted molar refractivity (Wildman–Crippen MR) is 90.1 cm³/mol. The molecule has 1 aromatic carbocycles. The minimum Gasteiger partial charge on any atom is -0.406 e. The summed E-state index contributed by atoms with van der Waals surface area (Å²) in [7, 11) is 0. The first-order chi connectivity index (χ1) is 11.1. The van der Waals surface area contributed by atoms with Crippen molar-refractivity contribution in [2.24, 2.45) is 10.7 Å². The second-order valence-corrected chi connectivity index (χ2v) is 4.49. The molecule has 1 aromatic rings. The van der Waals surface area contributed by atoms with E-state index in [2.05, 4.69) is 19.8 Å². The molecule has 0 aliphatic heterocycles. The lowest BCUT2D eigenvalue weighted by Gasteiger charge is -2.10. The Morgan fingerprint density at radius 1 is 1.08 bits per heavy atom.